The van der Waals surface area contributed by atoms with Gasteiger partial charge in [-0.2, -0.15) is 0 Å². The van der Waals surface area contributed by atoms with Crippen molar-refractivity contribution in [3.05, 3.63) is 0 Å². The Balaban J connectivity index is 1.60. The van der Waals surface area contributed by atoms with Gasteiger partial charge in [0.05, 0.1) is 12.7 Å². The van der Waals surface area contributed by atoms with E-state index < -0.39 is 0 Å². The van der Waals surface area contributed by atoms with Gasteiger partial charge in [0.2, 0.25) is 5.95 Å². The highest BCUT2D eigenvalue weighted by Gasteiger charge is 2.14. The molecule has 0 unspecified atom stereocenters. The molecule has 6 nitrogen and oxygen atoms in total. The molecule has 1 aliphatic carbocycles. The molecule has 0 bridgehead atoms. The summed E-state index contributed by atoms with van der Waals surface area (Å²) >= 11 is 0. The Morgan fingerprint density at radius 1 is 1.47 bits per heavy atom. The molecule has 0 atom stereocenters. The number of nitrogens with one attached hydrogen (secondary N) is 1. The Labute approximate surface area is 89.0 Å². The van der Waals surface area contributed by atoms with Crippen molar-refractivity contribution >= 4 is 5.95 Å². The maximum Gasteiger partial charge on any atom is 0.242 e. The average molecular weight is 211 g/mol. The Hall–Kier alpha value is -1.17. The fourth-order valence-corrected chi connectivity index (χ4v) is 1.82. The fourth-order valence-electron chi connectivity index (χ4n) is 1.82. The fraction of sp³-hybridized carbons (Fsp3) is 0.889. The van der Waals surface area contributed by atoms with E-state index >= 15 is 0 Å². The second-order valence-corrected chi connectivity index (χ2v) is 3.83. The first-order valence-corrected chi connectivity index (χ1v) is 5.44. The number of tetrazole rings is 1. The summed E-state index contributed by atoms with van der Waals surface area (Å²) in [4.78, 5) is 0. The van der Waals surface area contributed by atoms with E-state index in [-0.39, 0.29) is 0 Å². The van der Waals surface area contributed by atoms with Crippen molar-refractivity contribution < 1.29 is 4.74 Å². The lowest BCUT2D eigenvalue weighted by atomic mass is 10.3. The van der Waals surface area contributed by atoms with Gasteiger partial charge >= 0.3 is 0 Å². The van der Waals surface area contributed by atoms with Crippen LogP contribution < -0.4 is 5.32 Å². The van der Waals surface area contributed by atoms with Crippen molar-refractivity contribution in [3.8, 4) is 0 Å². The van der Waals surface area contributed by atoms with Crippen LogP contribution in [0.5, 0.6) is 0 Å². The molecule has 0 spiro atoms. The molecule has 1 aromatic heterocycles. The van der Waals surface area contributed by atoms with Gasteiger partial charge in [-0.1, -0.05) is 17.9 Å². The van der Waals surface area contributed by atoms with Gasteiger partial charge in [-0.15, -0.1) is 0 Å². The van der Waals surface area contributed by atoms with E-state index in [0.717, 1.165) is 13.2 Å². The molecular weight excluding hydrogens is 194 g/mol. The van der Waals surface area contributed by atoms with Crippen LogP contribution in [0.25, 0.3) is 0 Å². The molecule has 1 saturated carbocycles. The predicted molar refractivity (Wildman–Crippen MR) is 55.5 cm³/mol. The number of aryl methyl sites for hydroxylation is 1. The highest BCUT2D eigenvalue weighted by Crippen LogP contribution is 2.20. The van der Waals surface area contributed by atoms with Crippen molar-refractivity contribution in [3.63, 3.8) is 0 Å². The zero-order valence-corrected chi connectivity index (χ0v) is 9.02. The van der Waals surface area contributed by atoms with Crippen LogP contribution in [0.4, 0.5) is 5.95 Å². The molecule has 2 rings (SSSR count). The number of rotatable bonds is 5. The van der Waals surface area contributed by atoms with Crippen LogP contribution in [0, 0.1) is 0 Å². The average Bonchev–Trinajstić information content (AvgIpc) is 2.85. The zero-order chi connectivity index (χ0) is 10.5. The number of aromatic nitrogens is 4. The minimum absolute atomic E-state index is 0.476. The van der Waals surface area contributed by atoms with E-state index in [1.807, 2.05) is 0 Å². The molecule has 1 fully saturated rings. The number of nitrogens with zero attached hydrogens (tertiary/aromatic N) is 4. The van der Waals surface area contributed by atoms with Gasteiger partial charge in [0.1, 0.15) is 0 Å². The van der Waals surface area contributed by atoms with Crippen molar-refractivity contribution in [2.45, 2.75) is 31.8 Å². The summed E-state index contributed by atoms with van der Waals surface area (Å²) in [7, 11) is 1.81. The van der Waals surface area contributed by atoms with Crippen LogP contribution in [0.1, 0.15) is 25.7 Å². The van der Waals surface area contributed by atoms with Crippen LogP contribution in [-0.2, 0) is 11.8 Å². The van der Waals surface area contributed by atoms with Gasteiger partial charge in [0.15, 0.2) is 0 Å². The Bertz CT molecular complexity index is 294. The zero-order valence-electron chi connectivity index (χ0n) is 9.02. The van der Waals surface area contributed by atoms with E-state index in [1.54, 1.807) is 11.7 Å². The molecule has 0 amide bonds. The number of ether oxygens (including phenoxy) is 1. The molecule has 1 heterocycles. The molecule has 15 heavy (non-hydrogen) atoms. The van der Waals surface area contributed by atoms with Crippen molar-refractivity contribution in [2.75, 3.05) is 18.5 Å². The molecular formula is C9H17N5O. The Morgan fingerprint density at radius 2 is 2.27 bits per heavy atom. The SMILES string of the molecule is Cn1nnnc1NCCOC1CCCC1. The largest absolute Gasteiger partial charge is 0.376 e. The van der Waals surface area contributed by atoms with E-state index in [9.17, 15) is 0 Å². The maximum absolute atomic E-state index is 5.70. The van der Waals surface area contributed by atoms with Crippen molar-refractivity contribution in [1.82, 2.24) is 20.2 Å². The third kappa shape index (κ3) is 2.89. The standard InChI is InChI=1S/C9H17N5O/c1-14-9(11-12-13-14)10-6-7-15-8-4-2-3-5-8/h8H,2-7H2,1H3,(H,10,11,13). The molecule has 0 radical (unpaired) electrons. The Kier molecular flexibility index (Phi) is 3.49. The van der Waals surface area contributed by atoms with Gasteiger partial charge in [-0.05, 0) is 23.3 Å². The smallest absolute Gasteiger partial charge is 0.242 e. The third-order valence-corrected chi connectivity index (χ3v) is 2.66. The minimum Gasteiger partial charge on any atom is -0.376 e. The molecule has 84 valence electrons. The lowest BCUT2D eigenvalue weighted by Gasteiger charge is -2.11. The van der Waals surface area contributed by atoms with E-state index in [4.69, 9.17) is 4.74 Å². The second-order valence-electron chi connectivity index (χ2n) is 3.83. The maximum atomic E-state index is 5.70. The van der Waals surface area contributed by atoms with Gasteiger partial charge < -0.3 is 10.1 Å². The summed E-state index contributed by atoms with van der Waals surface area (Å²) in [6, 6.07) is 0. The monoisotopic (exact) mass is 211 g/mol. The summed E-state index contributed by atoms with van der Waals surface area (Å²) in [5, 5.41) is 14.2. The molecule has 0 aromatic carbocycles. The van der Waals surface area contributed by atoms with Crippen LogP contribution in [0.15, 0.2) is 0 Å². The van der Waals surface area contributed by atoms with Crippen LogP contribution in [0.3, 0.4) is 0 Å². The van der Waals surface area contributed by atoms with Crippen molar-refractivity contribution in [1.29, 1.82) is 0 Å². The van der Waals surface area contributed by atoms with E-state index in [2.05, 4.69) is 20.8 Å². The summed E-state index contributed by atoms with van der Waals surface area (Å²) < 4.78 is 7.31. The summed E-state index contributed by atoms with van der Waals surface area (Å²) in [6.07, 6.45) is 5.53. The lowest BCUT2D eigenvalue weighted by Crippen LogP contribution is -2.17. The highest BCUT2D eigenvalue weighted by atomic mass is 16.5. The molecule has 1 aromatic rings. The molecule has 0 aliphatic heterocycles. The molecule has 6 heteroatoms. The van der Waals surface area contributed by atoms with Gasteiger partial charge in [0, 0.05) is 13.6 Å². The molecule has 1 aliphatic rings. The van der Waals surface area contributed by atoms with Gasteiger partial charge in [-0.25, -0.2) is 4.68 Å². The van der Waals surface area contributed by atoms with E-state index in [1.165, 1.54) is 25.7 Å². The summed E-state index contributed by atoms with van der Waals surface area (Å²) in [6.45, 7) is 1.47. The molecule has 0 saturated heterocycles. The molecule has 1 N–H and O–H groups in total. The number of anilines is 1. The van der Waals surface area contributed by atoms with Crippen LogP contribution in [0.2, 0.25) is 0 Å². The number of hydrogen-bond acceptors (Lipinski definition) is 5. The summed E-state index contributed by atoms with van der Waals surface area (Å²) in [5.41, 5.74) is 0. The Morgan fingerprint density at radius 3 is 2.93 bits per heavy atom. The highest BCUT2D eigenvalue weighted by molar-refractivity contribution is 5.20. The lowest BCUT2D eigenvalue weighted by molar-refractivity contribution is 0.0658. The summed E-state index contributed by atoms with van der Waals surface area (Å²) in [5.74, 6) is 0.685. The third-order valence-electron chi connectivity index (χ3n) is 2.66. The quantitative estimate of drug-likeness (QED) is 0.722. The first-order valence-electron chi connectivity index (χ1n) is 5.44. The van der Waals surface area contributed by atoms with Crippen molar-refractivity contribution in [2.24, 2.45) is 7.05 Å². The van der Waals surface area contributed by atoms with E-state index in [0.29, 0.717) is 12.1 Å². The minimum atomic E-state index is 0.476. The second kappa shape index (κ2) is 5.06. The first-order chi connectivity index (χ1) is 7.36. The number of hydrogen-bond donors (Lipinski definition) is 1. The first kappa shape index (κ1) is 10.4. The van der Waals surface area contributed by atoms with Crippen LogP contribution >= 0.6 is 0 Å². The van der Waals surface area contributed by atoms with Gasteiger partial charge in [-0.3, -0.25) is 0 Å². The topological polar surface area (TPSA) is 64.9 Å². The van der Waals surface area contributed by atoms with Gasteiger partial charge in [0.25, 0.3) is 0 Å². The normalized spacial score (nSPS) is 17.1. The predicted octanol–water partition coefficient (Wildman–Crippen LogP) is 0.581. The van der Waals surface area contributed by atoms with Crippen LogP contribution in [-0.4, -0.2) is 39.5 Å².